The van der Waals surface area contributed by atoms with E-state index in [2.05, 4.69) is 10.6 Å². The van der Waals surface area contributed by atoms with E-state index in [0.29, 0.717) is 10.6 Å². The number of ether oxygens (including phenoxy) is 1. The van der Waals surface area contributed by atoms with E-state index in [1.165, 1.54) is 6.07 Å². The van der Waals surface area contributed by atoms with Crippen LogP contribution >= 0.6 is 11.6 Å². The van der Waals surface area contributed by atoms with E-state index in [9.17, 15) is 14.4 Å². The number of esters is 1. The van der Waals surface area contributed by atoms with Crippen molar-refractivity contribution in [3.05, 3.63) is 64.7 Å². The number of anilines is 1. The third-order valence-electron chi connectivity index (χ3n) is 3.39. The first-order chi connectivity index (χ1) is 13.0. The SMILES string of the molecule is N#CCCNC(=O)COC(=O)c1ccccc1NC(=O)c1ccc(Cl)cc1. The third kappa shape index (κ3) is 6.13. The molecule has 2 amide bonds. The van der Waals surface area contributed by atoms with Gasteiger partial charge >= 0.3 is 5.97 Å². The highest BCUT2D eigenvalue weighted by molar-refractivity contribution is 6.30. The van der Waals surface area contributed by atoms with Gasteiger partial charge in [-0.2, -0.15) is 5.26 Å². The van der Waals surface area contributed by atoms with Gasteiger partial charge in [0.25, 0.3) is 11.8 Å². The number of benzene rings is 2. The molecule has 0 aliphatic carbocycles. The number of para-hydroxylation sites is 1. The first-order valence-corrected chi connectivity index (χ1v) is 8.36. The topological polar surface area (TPSA) is 108 Å². The van der Waals surface area contributed by atoms with Gasteiger partial charge in [-0.3, -0.25) is 9.59 Å². The van der Waals surface area contributed by atoms with E-state index in [1.807, 2.05) is 6.07 Å². The van der Waals surface area contributed by atoms with Gasteiger partial charge in [-0.1, -0.05) is 23.7 Å². The number of nitrogens with zero attached hydrogens (tertiary/aromatic N) is 1. The van der Waals surface area contributed by atoms with Crippen LogP contribution in [0, 0.1) is 11.3 Å². The van der Waals surface area contributed by atoms with Crippen LogP contribution in [0.4, 0.5) is 5.69 Å². The van der Waals surface area contributed by atoms with E-state index in [0.717, 1.165) is 0 Å². The van der Waals surface area contributed by atoms with Crippen molar-refractivity contribution in [1.82, 2.24) is 5.32 Å². The van der Waals surface area contributed by atoms with Gasteiger partial charge in [0.2, 0.25) is 0 Å². The molecule has 0 heterocycles. The molecule has 2 aromatic carbocycles. The molecule has 0 aliphatic rings. The number of nitriles is 1. The molecule has 0 radical (unpaired) electrons. The van der Waals surface area contributed by atoms with Crippen molar-refractivity contribution in [2.45, 2.75) is 6.42 Å². The lowest BCUT2D eigenvalue weighted by molar-refractivity contribution is -0.124. The summed E-state index contributed by atoms with van der Waals surface area (Å²) in [5, 5.41) is 14.0. The second kappa shape index (κ2) is 9.94. The summed E-state index contributed by atoms with van der Waals surface area (Å²) < 4.78 is 4.96. The van der Waals surface area contributed by atoms with E-state index in [4.69, 9.17) is 21.6 Å². The molecular weight excluding hydrogens is 370 g/mol. The lowest BCUT2D eigenvalue weighted by Crippen LogP contribution is -2.29. The number of hydrogen-bond acceptors (Lipinski definition) is 5. The third-order valence-corrected chi connectivity index (χ3v) is 3.65. The molecule has 7 nitrogen and oxygen atoms in total. The van der Waals surface area contributed by atoms with Gasteiger partial charge < -0.3 is 15.4 Å². The Labute approximate surface area is 160 Å². The van der Waals surface area contributed by atoms with Gasteiger partial charge in [0.05, 0.1) is 23.7 Å². The number of carbonyl (C=O) groups is 3. The summed E-state index contributed by atoms with van der Waals surface area (Å²) in [5.74, 6) is -1.68. The molecule has 138 valence electrons. The van der Waals surface area contributed by atoms with Crippen molar-refractivity contribution in [3.8, 4) is 6.07 Å². The molecule has 8 heteroatoms. The maximum atomic E-state index is 12.3. The van der Waals surface area contributed by atoms with Crippen LogP contribution in [0.3, 0.4) is 0 Å². The quantitative estimate of drug-likeness (QED) is 0.562. The number of hydrogen-bond donors (Lipinski definition) is 2. The van der Waals surface area contributed by atoms with Crippen LogP contribution in [0.5, 0.6) is 0 Å². The molecule has 2 rings (SSSR count). The summed E-state index contributed by atoms with van der Waals surface area (Å²) in [6.07, 6.45) is 0.166. The van der Waals surface area contributed by atoms with E-state index in [1.54, 1.807) is 42.5 Å². The monoisotopic (exact) mass is 385 g/mol. The Kier molecular flexibility index (Phi) is 7.35. The number of carbonyl (C=O) groups excluding carboxylic acids is 3. The van der Waals surface area contributed by atoms with Crippen LogP contribution in [0.1, 0.15) is 27.1 Å². The Bertz CT molecular complexity index is 875. The molecule has 0 fully saturated rings. The van der Waals surface area contributed by atoms with Crippen molar-refractivity contribution in [2.24, 2.45) is 0 Å². The van der Waals surface area contributed by atoms with Crippen LogP contribution in [-0.4, -0.2) is 30.9 Å². The lowest BCUT2D eigenvalue weighted by atomic mass is 10.1. The molecule has 0 bridgehead atoms. The summed E-state index contributed by atoms with van der Waals surface area (Å²) in [7, 11) is 0. The molecule has 0 spiro atoms. The molecule has 0 saturated heterocycles. The number of rotatable bonds is 7. The fourth-order valence-corrected chi connectivity index (χ4v) is 2.21. The lowest BCUT2D eigenvalue weighted by Gasteiger charge is -2.11. The van der Waals surface area contributed by atoms with Crippen LogP contribution in [-0.2, 0) is 9.53 Å². The first kappa shape index (κ1) is 19.9. The van der Waals surface area contributed by atoms with E-state index in [-0.39, 0.29) is 24.2 Å². The van der Waals surface area contributed by atoms with Gasteiger partial charge in [0.1, 0.15) is 0 Å². The minimum absolute atomic E-state index is 0.115. The average molecular weight is 386 g/mol. The summed E-state index contributed by atoms with van der Waals surface area (Å²) in [5.41, 5.74) is 0.747. The molecule has 2 aromatic rings. The Morgan fingerprint density at radius 2 is 1.78 bits per heavy atom. The molecule has 0 aromatic heterocycles. The summed E-state index contributed by atoms with van der Waals surface area (Å²) in [4.78, 5) is 36.1. The molecule has 2 N–H and O–H groups in total. The molecule has 0 saturated carbocycles. The minimum atomic E-state index is -0.752. The predicted octanol–water partition coefficient (Wildman–Crippen LogP) is 2.78. The zero-order valence-electron chi connectivity index (χ0n) is 14.2. The van der Waals surface area contributed by atoms with Crippen molar-refractivity contribution in [2.75, 3.05) is 18.5 Å². The highest BCUT2D eigenvalue weighted by atomic mass is 35.5. The Balaban J connectivity index is 2.01. The van der Waals surface area contributed by atoms with Crippen molar-refractivity contribution in [3.63, 3.8) is 0 Å². The number of nitrogens with one attached hydrogen (secondary N) is 2. The molecule has 0 atom stereocenters. The zero-order valence-corrected chi connectivity index (χ0v) is 15.0. The van der Waals surface area contributed by atoms with Crippen molar-refractivity contribution >= 4 is 35.1 Å². The fraction of sp³-hybridized carbons (Fsp3) is 0.158. The molecule has 0 unspecified atom stereocenters. The second-order valence-electron chi connectivity index (χ2n) is 5.34. The normalized spacial score (nSPS) is 9.78. The van der Waals surface area contributed by atoms with E-state index >= 15 is 0 Å². The Hall–Kier alpha value is -3.37. The first-order valence-electron chi connectivity index (χ1n) is 7.98. The highest BCUT2D eigenvalue weighted by Gasteiger charge is 2.16. The van der Waals surface area contributed by atoms with Crippen LogP contribution in [0.15, 0.2) is 48.5 Å². The van der Waals surface area contributed by atoms with Crippen molar-refractivity contribution < 1.29 is 19.1 Å². The summed E-state index contributed by atoms with van der Waals surface area (Å²) in [6, 6.07) is 14.5. The Morgan fingerprint density at radius 1 is 1.07 bits per heavy atom. The van der Waals surface area contributed by atoms with Gasteiger partial charge in [-0.05, 0) is 36.4 Å². The van der Waals surface area contributed by atoms with Gasteiger partial charge in [-0.25, -0.2) is 4.79 Å². The van der Waals surface area contributed by atoms with Crippen LogP contribution in [0.2, 0.25) is 5.02 Å². The maximum Gasteiger partial charge on any atom is 0.340 e. The van der Waals surface area contributed by atoms with Gasteiger partial charge in [0, 0.05) is 17.1 Å². The Morgan fingerprint density at radius 3 is 2.48 bits per heavy atom. The highest BCUT2D eigenvalue weighted by Crippen LogP contribution is 2.18. The van der Waals surface area contributed by atoms with Crippen molar-refractivity contribution in [1.29, 1.82) is 5.26 Å². The molecular formula is C19H16ClN3O4. The number of halogens is 1. The van der Waals surface area contributed by atoms with E-state index < -0.39 is 24.4 Å². The van der Waals surface area contributed by atoms with Gasteiger partial charge in [0.15, 0.2) is 6.61 Å². The molecule has 0 aliphatic heterocycles. The average Bonchev–Trinajstić information content (AvgIpc) is 2.67. The zero-order chi connectivity index (χ0) is 19.6. The smallest absolute Gasteiger partial charge is 0.340 e. The second-order valence-corrected chi connectivity index (χ2v) is 5.78. The summed E-state index contributed by atoms with van der Waals surface area (Å²) >= 11 is 5.80. The van der Waals surface area contributed by atoms with Gasteiger partial charge in [-0.15, -0.1) is 0 Å². The fourth-order valence-electron chi connectivity index (χ4n) is 2.08. The van der Waals surface area contributed by atoms with Crippen LogP contribution < -0.4 is 10.6 Å². The molecule has 27 heavy (non-hydrogen) atoms. The minimum Gasteiger partial charge on any atom is -0.452 e. The summed E-state index contributed by atoms with van der Waals surface area (Å²) in [6.45, 7) is -0.301. The number of amides is 2. The predicted molar refractivity (Wildman–Crippen MR) is 99.4 cm³/mol. The van der Waals surface area contributed by atoms with Crippen LogP contribution in [0.25, 0.3) is 0 Å². The standard InChI is InChI=1S/C19H16ClN3O4/c20-14-8-6-13(7-9-14)18(25)23-16-5-2-1-4-15(16)19(26)27-12-17(24)22-11-3-10-21/h1-2,4-9H,3,11-12H2,(H,22,24)(H,23,25). The largest absolute Gasteiger partial charge is 0.452 e. The maximum absolute atomic E-state index is 12.3.